The monoisotopic (exact) mass is 334 g/mol. The van der Waals surface area contributed by atoms with Crippen LogP contribution in [0, 0.1) is 12.7 Å². The van der Waals surface area contributed by atoms with Crippen molar-refractivity contribution in [2.75, 3.05) is 0 Å². The van der Waals surface area contributed by atoms with Gasteiger partial charge in [-0.1, -0.05) is 6.07 Å². The number of benzene rings is 1. The first-order chi connectivity index (χ1) is 12.2. The smallest absolute Gasteiger partial charge is 0.234 e. The molecular weight excluding hydrogens is 319 g/mol. The molecule has 0 N–H and O–H groups in total. The lowest BCUT2D eigenvalue weighted by Gasteiger charge is -2.03. The highest BCUT2D eigenvalue weighted by molar-refractivity contribution is 5.61. The van der Waals surface area contributed by atoms with Crippen molar-refractivity contribution in [1.82, 2.24) is 19.4 Å². The molecule has 3 heterocycles. The molecule has 0 saturated carbocycles. The maximum atomic E-state index is 12.9. The van der Waals surface area contributed by atoms with Crippen LogP contribution in [0.25, 0.3) is 16.9 Å². The van der Waals surface area contributed by atoms with E-state index in [2.05, 4.69) is 15.0 Å². The molecule has 0 aliphatic rings. The first kappa shape index (κ1) is 15.3. The van der Waals surface area contributed by atoms with Gasteiger partial charge in [0.15, 0.2) is 0 Å². The number of hydrogen-bond donors (Lipinski definition) is 0. The number of halogens is 1. The van der Waals surface area contributed by atoms with Crippen LogP contribution >= 0.6 is 0 Å². The van der Waals surface area contributed by atoms with Gasteiger partial charge in [-0.2, -0.15) is 0 Å². The number of aromatic nitrogens is 4. The number of ether oxygens (including phenoxy) is 1. The molecule has 0 aliphatic heterocycles. The zero-order valence-corrected chi connectivity index (χ0v) is 13.6. The van der Waals surface area contributed by atoms with E-state index in [0.717, 1.165) is 22.5 Å². The molecule has 0 saturated heterocycles. The van der Waals surface area contributed by atoms with Gasteiger partial charge in [-0.3, -0.25) is 9.38 Å². The molecule has 0 spiro atoms. The second-order valence-electron chi connectivity index (χ2n) is 5.71. The summed E-state index contributed by atoms with van der Waals surface area (Å²) in [5.74, 6) is 0.904. The van der Waals surface area contributed by atoms with Gasteiger partial charge in [-0.05, 0) is 37.3 Å². The molecule has 25 heavy (non-hydrogen) atoms. The Hall–Kier alpha value is -3.28. The number of fused-ring (bicyclic) bond motifs is 1. The summed E-state index contributed by atoms with van der Waals surface area (Å²) in [6.07, 6.45) is 7.44. The molecule has 6 heteroatoms. The Morgan fingerprint density at radius 3 is 2.52 bits per heavy atom. The highest BCUT2D eigenvalue weighted by Gasteiger charge is 2.06. The van der Waals surface area contributed by atoms with Crippen molar-refractivity contribution < 1.29 is 9.13 Å². The molecule has 3 aromatic heterocycles. The Labute approximate surface area is 143 Å². The van der Waals surface area contributed by atoms with Crippen molar-refractivity contribution in [3.63, 3.8) is 0 Å². The van der Waals surface area contributed by atoms with E-state index < -0.39 is 0 Å². The molecule has 124 valence electrons. The van der Waals surface area contributed by atoms with Crippen molar-refractivity contribution in [3.8, 4) is 16.9 Å². The van der Waals surface area contributed by atoms with Crippen molar-refractivity contribution in [2.45, 2.75) is 13.5 Å². The lowest BCUT2D eigenvalue weighted by Crippen LogP contribution is -1.95. The average Bonchev–Trinajstić information content (AvgIpc) is 3.04. The van der Waals surface area contributed by atoms with Gasteiger partial charge in [-0.25, -0.2) is 14.4 Å². The number of hydrogen-bond acceptors (Lipinski definition) is 4. The van der Waals surface area contributed by atoms with Gasteiger partial charge >= 0.3 is 0 Å². The summed E-state index contributed by atoms with van der Waals surface area (Å²) in [7, 11) is 0. The van der Waals surface area contributed by atoms with Crippen LogP contribution in [0.5, 0.6) is 5.75 Å². The zero-order valence-electron chi connectivity index (χ0n) is 13.6. The third-order valence-electron chi connectivity index (χ3n) is 3.80. The Balaban J connectivity index is 1.55. The van der Waals surface area contributed by atoms with Gasteiger partial charge < -0.3 is 4.74 Å². The summed E-state index contributed by atoms with van der Waals surface area (Å²) in [4.78, 5) is 13.1. The fraction of sp³-hybridized carbons (Fsp3) is 0.105. The number of imidazole rings is 1. The van der Waals surface area contributed by atoms with Crippen LogP contribution in [0.15, 0.2) is 61.2 Å². The summed E-state index contributed by atoms with van der Waals surface area (Å²) in [6, 6.07) is 9.89. The summed E-state index contributed by atoms with van der Waals surface area (Å²) in [5.41, 5.74) is 3.68. The fourth-order valence-corrected chi connectivity index (χ4v) is 2.48. The first-order valence-corrected chi connectivity index (χ1v) is 7.82. The molecule has 0 unspecified atom stereocenters. The Kier molecular flexibility index (Phi) is 3.85. The van der Waals surface area contributed by atoms with Crippen LogP contribution in [-0.4, -0.2) is 19.4 Å². The molecule has 0 radical (unpaired) electrons. The Bertz CT molecular complexity index is 1010. The van der Waals surface area contributed by atoms with E-state index in [1.54, 1.807) is 18.3 Å². The molecule has 1 aromatic carbocycles. The summed E-state index contributed by atoms with van der Waals surface area (Å²) in [5, 5.41) is 0. The van der Waals surface area contributed by atoms with Crippen molar-refractivity contribution in [1.29, 1.82) is 0 Å². The van der Waals surface area contributed by atoms with E-state index >= 15 is 0 Å². The lowest BCUT2D eigenvalue weighted by atomic mass is 10.1. The van der Waals surface area contributed by atoms with E-state index in [1.807, 2.05) is 42.0 Å². The maximum absolute atomic E-state index is 12.9. The van der Waals surface area contributed by atoms with Crippen LogP contribution in [-0.2, 0) is 6.61 Å². The average molecular weight is 334 g/mol. The van der Waals surface area contributed by atoms with Crippen LogP contribution < -0.4 is 4.74 Å². The maximum Gasteiger partial charge on any atom is 0.234 e. The van der Waals surface area contributed by atoms with Crippen LogP contribution in [0.2, 0.25) is 0 Å². The summed E-state index contributed by atoms with van der Waals surface area (Å²) < 4.78 is 20.4. The summed E-state index contributed by atoms with van der Waals surface area (Å²) >= 11 is 0. The molecule has 5 nitrogen and oxygen atoms in total. The highest BCUT2D eigenvalue weighted by Crippen LogP contribution is 2.19. The molecule has 0 fully saturated rings. The second-order valence-corrected chi connectivity index (χ2v) is 5.71. The van der Waals surface area contributed by atoms with Crippen LogP contribution in [0.3, 0.4) is 0 Å². The number of pyridine rings is 1. The van der Waals surface area contributed by atoms with Gasteiger partial charge in [0.05, 0.1) is 5.69 Å². The molecule has 0 amide bonds. The van der Waals surface area contributed by atoms with E-state index in [9.17, 15) is 4.39 Å². The van der Waals surface area contributed by atoms with Gasteiger partial charge in [0.25, 0.3) is 0 Å². The normalized spacial score (nSPS) is 11.0. The Morgan fingerprint density at radius 1 is 0.960 bits per heavy atom. The van der Waals surface area contributed by atoms with Crippen LogP contribution in [0.4, 0.5) is 4.39 Å². The van der Waals surface area contributed by atoms with Crippen molar-refractivity contribution in [3.05, 3.63) is 78.4 Å². The third-order valence-corrected chi connectivity index (χ3v) is 3.80. The minimum Gasteiger partial charge on any atom is -0.487 e. The Morgan fingerprint density at radius 2 is 1.76 bits per heavy atom. The first-order valence-electron chi connectivity index (χ1n) is 7.82. The lowest BCUT2D eigenvalue weighted by molar-refractivity contribution is 0.301. The predicted octanol–water partition coefficient (Wildman–Crippen LogP) is 3.82. The topological polar surface area (TPSA) is 52.3 Å². The zero-order chi connectivity index (χ0) is 17.2. The SMILES string of the molecule is Cc1ccc(-c2cnc3nc(COc4ccc(F)cc4)cn3c2)cn1. The summed E-state index contributed by atoms with van der Waals surface area (Å²) in [6.45, 7) is 2.24. The largest absolute Gasteiger partial charge is 0.487 e. The van der Waals surface area contributed by atoms with E-state index in [-0.39, 0.29) is 12.4 Å². The number of nitrogens with zero attached hydrogens (tertiary/aromatic N) is 4. The number of aryl methyl sites for hydroxylation is 1. The van der Waals surface area contributed by atoms with Crippen molar-refractivity contribution >= 4 is 5.78 Å². The fourth-order valence-electron chi connectivity index (χ4n) is 2.48. The van der Waals surface area contributed by atoms with Crippen LogP contribution in [0.1, 0.15) is 11.4 Å². The predicted molar refractivity (Wildman–Crippen MR) is 91.7 cm³/mol. The highest BCUT2D eigenvalue weighted by atomic mass is 19.1. The van der Waals surface area contributed by atoms with Gasteiger partial charge in [0.2, 0.25) is 5.78 Å². The standard InChI is InChI=1S/C19H15FN4O/c1-13-2-3-14(8-21-13)15-9-22-19-23-17(11-24(19)10-15)12-25-18-6-4-16(20)5-7-18/h2-11H,12H2,1H3. The minimum absolute atomic E-state index is 0.288. The van der Waals surface area contributed by atoms with Gasteiger partial charge in [0, 0.05) is 41.6 Å². The third kappa shape index (κ3) is 3.33. The van der Waals surface area contributed by atoms with E-state index in [4.69, 9.17) is 4.74 Å². The van der Waals surface area contributed by atoms with E-state index in [1.165, 1.54) is 12.1 Å². The van der Waals surface area contributed by atoms with Gasteiger partial charge in [-0.15, -0.1) is 0 Å². The van der Waals surface area contributed by atoms with E-state index in [0.29, 0.717) is 11.5 Å². The van der Waals surface area contributed by atoms with Gasteiger partial charge in [0.1, 0.15) is 18.2 Å². The molecular formula is C19H15FN4O. The minimum atomic E-state index is -0.289. The number of rotatable bonds is 4. The molecule has 0 atom stereocenters. The van der Waals surface area contributed by atoms with Crippen molar-refractivity contribution in [2.24, 2.45) is 0 Å². The molecule has 0 aliphatic carbocycles. The second kappa shape index (κ2) is 6.32. The molecule has 4 rings (SSSR count). The quantitative estimate of drug-likeness (QED) is 0.569. The molecule has 0 bridgehead atoms. The molecule has 4 aromatic rings.